The highest BCUT2D eigenvalue weighted by Crippen LogP contribution is 2.22. The molecule has 0 aromatic rings. The normalized spacial score (nSPS) is 25.7. The summed E-state index contributed by atoms with van der Waals surface area (Å²) in [4.78, 5) is 5.07. The molecule has 0 aromatic heterocycles. The fourth-order valence-corrected chi connectivity index (χ4v) is 3.72. The number of allylic oxidation sites excluding steroid dienone is 2. The van der Waals surface area contributed by atoms with E-state index in [1.807, 2.05) is 0 Å². The van der Waals surface area contributed by atoms with Gasteiger partial charge < -0.3 is 10.2 Å². The van der Waals surface area contributed by atoms with Crippen molar-refractivity contribution in [2.45, 2.75) is 57.5 Å². The average Bonchev–Trinajstić information content (AvgIpc) is 2.48. The zero-order valence-electron chi connectivity index (χ0n) is 14.6. The monoisotopic (exact) mass is 293 g/mol. The van der Waals surface area contributed by atoms with Crippen LogP contribution in [-0.2, 0) is 0 Å². The van der Waals surface area contributed by atoms with Gasteiger partial charge >= 0.3 is 0 Å². The van der Waals surface area contributed by atoms with Crippen LogP contribution in [0.4, 0.5) is 0 Å². The maximum absolute atomic E-state index is 3.74. The minimum atomic E-state index is 0.280. The molecule has 3 nitrogen and oxygen atoms in total. The summed E-state index contributed by atoms with van der Waals surface area (Å²) in [5, 5.41) is 3.74. The van der Waals surface area contributed by atoms with E-state index in [-0.39, 0.29) is 5.54 Å². The first kappa shape index (κ1) is 17.0. The summed E-state index contributed by atoms with van der Waals surface area (Å²) in [6.07, 6.45) is 11.2. The summed E-state index contributed by atoms with van der Waals surface area (Å²) in [5.74, 6) is 0.852. The highest BCUT2D eigenvalue weighted by Gasteiger charge is 2.31. The summed E-state index contributed by atoms with van der Waals surface area (Å²) in [7, 11) is 4.43. The molecule has 1 aliphatic heterocycles. The predicted molar refractivity (Wildman–Crippen MR) is 91.7 cm³/mol. The third-order valence-corrected chi connectivity index (χ3v) is 5.42. The van der Waals surface area contributed by atoms with Gasteiger partial charge in [0.25, 0.3) is 0 Å². The molecule has 1 heterocycles. The van der Waals surface area contributed by atoms with Crippen molar-refractivity contribution in [2.75, 3.05) is 40.3 Å². The Morgan fingerprint density at radius 3 is 2.43 bits per heavy atom. The first-order valence-electron chi connectivity index (χ1n) is 8.76. The van der Waals surface area contributed by atoms with E-state index in [4.69, 9.17) is 0 Å². The van der Waals surface area contributed by atoms with E-state index in [0.717, 1.165) is 18.5 Å². The lowest BCUT2D eigenvalue weighted by Crippen LogP contribution is -2.55. The van der Waals surface area contributed by atoms with Gasteiger partial charge in [-0.2, -0.15) is 0 Å². The molecule has 1 fully saturated rings. The van der Waals surface area contributed by atoms with Gasteiger partial charge in [0.05, 0.1) is 0 Å². The van der Waals surface area contributed by atoms with E-state index in [1.54, 1.807) is 0 Å². The van der Waals surface area contributed by atoms with Crippen molar-refractivity contribution in [3.8, 4) is 0 Å². The molecule has 122 valence electrons. The van der Waals surface area contributed by atoms with Crippen LogP contribution in [0.25, 0.3) is 0 Å². The van der Waals surface area contributed by atoms with Gasteiger partial charge in [-0.05, 0) is 72.5 Å². The molecule has 0 aromatic carbocycles. The van der Waals surface area contributed by atoms with Gasteiger partial charge in [-0.3, -0.25) is 4.90 Å². The average molecular weight is 293 g/mol. The molecule has 0 unspecified atom stereocenters. The number of nitrogens with one attached hydrogen (secondary N) is 1. The standard InChI is InChI=1S/C18H35N3/c1-18(2,15-19-14-16-8-6-5-7-9-16)21-12-10-17(11-13-21)20(3)4/h5-6,16-17,19H,7-15H2,1-4H3/t16-/m1/s1. The van der Waals surface area contributed by atoms with Crippen molar-refractivity contribution in [2.24, 2.45) is 5.92 Å². The predicted octanol–water partition coefficient (Wildman–Crippen LogP) is 2.74. The Hall–Kier alpha value is -0.380. The van der Waals surface area contributed by atoms with Crippen LogP contribution in [0.3, 0.4) is 0 Å². The third kappa shape index (κ3) is 5.08. The van der Waals surface area contributed by atoms with E-state index >= 15 is 0 Å². The summed E-state index contributed by atoms with van der Waals surface area (Å²) < 4.78 is 0. The van der Waals surface area contributed by atoms with Gasteiger partial charge in [-0.1, -0.05) is 12.2 Å². The highest BCUT2D eigenvalue weighted by molar-refractivity contribution is 4.92. The molecular formula is C18H35N3. The molecule has 0 amide bonds. The van der Waals surface area contributed by atoms with Crippen molar-refractivity contribution in [1.82, 2.24) is 15.1 Å². The van der Waals surface area contributed by atoms with Crippen LogP contribution >= 0.6 is 0 Å². The Kier molecular flexibility index (Phi) is 6.27. The molecule has 2 rings (SSSR count). The van der Waals surface area contributed by atoms with E-state index in [1.165, 1.54) is 51.7 Å². The van der Waals surface area contributed by atoms with E-state index < -0.39 is 0 Å². The van der Waals surface area contributed by atoms with Crippen LogP contribution in [0, 0.1) is 5.92 Å². The lowest BCUT2D eigenvalue weighted by molar-refractivity contribution is 0.0612. The molecule has 1 saturated heterocycles. The Balaban J connectivity index is 1.70. The van der Waals surface area contributed by atoms with Crippen molar-refractivity contribution in [3.63, 3.8) is 0 Å². The third-order valence-electron chi connectivity index (χ3n) is 5.42. The number of hydrogen-bond acceptors (Lipinski definition) is 3. The van der Waals surface area contributed by atoms with Crippen molar-refractivity contribution < 1.29 is 0 Å². The number of likely N-dealkylation sites (tertiary alicyclic amines) is 1. The summed E-state index contributed by atoms with van der Waals surface area (Å²) in [6, 6.07) is 0.777. The first-order valence-corrected chi connectivity index (χ1v) is 8.76. The SMILES string of the molecule is CN(C)C1CCN(C(C)(C)CNC[C@@H]2CC=CCC2)CC1. The molecule has 0 saturated carbocycles. The highest BCUT2D eigenvalue weighted by atomic mass is 15.2. The second-order valence-electron chi connectivity index (χ2n) is 7.78. The molecular weight excluding hydrogens is 258 g/mol. The zero-order chi connectivity index (χ0) is 15.3. The number of rotatable bonds is 6. The van der Waals surface area contributed by atoms with Gasteiger partial charge in [0.1, 0.15) is 0 Å². The minimum absolute atomic E-state index is 0.280. The number of hydrogen-bond donors (Lipinski definition) is 1. The molecule has 3 heteroatoms. The zero-order valence-corrected chi connectivity index (χ0v) is 14.6. The van der Waals surface area contributed by atoms with Gasteiger partial charge in [-0.25, -0.2) is 0 Å². The van der Waals surface area contributed by atoms with Crippen molar-refractivity contribution >= 4 is 0 Å². The smallest absolute Gasteiger partial charge is 0.0277 e. The fourth-order valence-electron chi connectivity index (χ4n) is 3.72. The van der Waals surface area contributed by atoms with Crippen molar-refractivity contribution in [1.29, 1.82) is 0 Å². The van der Waals surface area contributed by atoms with Crippen molar-refractivity contribution in [3.05, 3.63) is 12.2 Å². The minimum Gasteiger partial charge on any atom is -0.315 e. The number of piperidine rings is 1. The maximum atomic E-state index is 3.74. The number of nitrogens with zero attached hydrogens (tertiary/aromatic N) is 2. The molecule has 1 aliphatic carbocycles. The molecule has 21 heavy (non-hydrogen) atoms. The van der Waals surface area contributed by atoms with Crippen LogP contribution in [0.5, 0.6) is 0 Å². The Bertz CT molecular complexity index is 327. The van der Waals surface area contributed by atoms with Gasteiger partial charge in [0, 0.05) is 31.2 Å². The second kappa shape index (κ2) is 7.75. The van der Waals surface area contributed by atoms with Gasteiger partial charge in [-0.15, -0.1) is 0 Å². The summed E-state index contributed by atoms with van der Waals surface area (Å²) in [5.41, 5.74) is 0.280. The topological polar surface area (TPSA) is 18.5 Å². The van der Waals surface area contributed by atoms with Crippen LogP contribution in [0.2, 0.25) is 0 Å². The largest absolute Gasteiger partial charge is 0.315 e. The van der Waals surface area contributed by atoms with Gasteiger partial charge in [0.15, 0.2) is 0 Å². The second-order valence-corrected chi connectivity index (χ2v) is 7.78. The molecule has 2 aliphatic rings. The van der Waals surface area contributed by atoms with Crippen LogP contribution in [0.15, 0.2) is 12.2 Å². The van der Waals surface area contributed by atoms with E-state index in [2.05, 4.69) is 55.2 Å². The molecule has 1 atom stereocenters. The van der Waals surface area contributed by atoms with Gasteiger partial charge in [0.2, 0.25) is 0 Å². The van der Waals surface area contributed by atoms with Crippen LogP contribution in [0.1, 0.15) is 46.0 Å². The Labute approximate surface area is 131 Å². The molecule has 0 spiro atoms. The molecule has 0 bridgehead atoms. The quantitative estimate of drug-likeness (QED) is 0.760. The maximum Gasteiger partial charge on any atom is 0.0277 e. The fraction of sp³-hybridized carbons (Fsp3) is 0.889. The summed E-state index contributed by atoms with van der Waals surface area (Å²) in [6.45, 7) is 9.57. The lowest BCUT2D eigenvalue weighted by Gasteiger charge is -2.44. The lowest BCUT2D eigenvalue weighted by atomic mass is 9.93. The van der Waals surface area contributed by atoms with Crippen LogP contribution in [-0.4, -0.2) is 61.7 Å². The van der Waals surface area contributed by atoms with E-state index in [0.29, 0.717) is 0 Å². The Morgan fingerprint density at radius 2 is 1.86 bits per heavy atom. The molecule has 0 radical (unpaired) electrons. The van der Waals surface area contributed by atoms with Crippen LogP contribution < -0.4 is 5.32 Å². The van der Waals surface area contributed by atoms with E-state index in [9.17, 15) is 0 Å². The first-order chi connectivity index (χ1) is 9.99. The molecule has 1 N–H and O–H groups in total. The Morgan fingerprint density at radius 1 is 1.14 bits per heavy atom. The summed E-state index contributed by atoms with van der Waals surface area (Å²) >= 11 is 0.